The lowest BCUT2D eigenvalue weighted by atomic mass is 9.99. The first kappa shape index (κ1) is 16.0. The minimum atomic E-state index is 0.207. The molecule has 4 rings (SSSR count). The number of halogens is 1. The predicted molar refractivity (Wildman–Crippen MR) is 102 cm³/mol. The summed E-state index contributed by atoms with van der Waals surface area (Å²) in [5, 5.41) is 11.1. The lowest BCUT2D eigenvalue weighted by Gasteiger charge is -2.13. The smallest absolute Gasteiger partial charge is 0.161 e. The highest BCUT2D eigenvalue weighted by Gasteiger charge is 2.32. The van der Waals surface area contributed by atoms with Crippen molar-refractivity contribution in [1.82, 2.24) is 10.2 Å². The molecular weight excluding hydrogens is 382 g/mol. The van der Waals surface area contributed by atoms with Crippen LogP contribution in [0.25, 0.3) is 11.3 Å². The maximum atomic E-state index is 5.45. The maximum Gasteiger partial charge on any atom is 0.161 e. The molecule has 0 saturated carbocycles. The van der Waals surface area contributed by atoms with Crippen molar-refractivity contribution in [1.29, 1.82) is 0 Å². The lowest BCUT2D eigenvalue weighted by molar-refractivity contribution is 0.354. The summed E-state index contributed by atoms with van der Waals surface area (Å²) in [6, 6.07) is 12.1. The number of H-pyrrole nitrogens is 1. The fourth-order valence-electron chi connectivity index (χ4n) is 3.40. The molecule has 2 aromatic carbocycles. The van der Waals surface area contributed by atoms with Crippen LogP contribution in [0.1, 0.15) is 24.0 Å². The van der Waals surface area contributed by atoms with Gasteiger partial charge in [-0.05, 0) is 35.9 Å². The molecule has 3 aromatic rings. The van der Waals surface area contributed by atoms with E-state index in [1.54, 1.807) is 14.2 Å². The zero-order valence-corrected chi connectivity index (χ0v) is 15.8. The van der Waals surface area contributed by atoms with Crippen molar-refractivity contribution in [2.75, 3.05) is 19.5 Å². The van der Waals surface area contributed by atoms with E-state index in [0.717, 1.165) is 44.3 Å². The van der Waals surface area contributed by atoms with Gasteiger partial charge in [-0.25, -0.2) is 0 Å². The summed E-state index contributed by atoms with van der Waals surface area (Å²) in [6.07, 6.45) is 0. The van der Waals surface area contributed by atoms with E-state index >= 15 is 0 Å². The predicted octanol–water partition coefficient (Wildman–Crippen LogP) is 5.07. The molecule has 128 valence electrons. The van der Waals surface area contributed by atoms with E-state index in [-0.39, 0.29) is 5.92 Å². The zero-order chi connectivity index (χ0) is 17.6. The third kappa shape index (κ3) is 2.57. The van der Waals surface area contributed by atoms with Crippen LogP contribution in [0.15, 0.2) is 40.9 Å². The maximum absolute atomic E-state index is 5.45. The molecule has 0 saturated heterocycles. The average Bonchev–Trinajstić information content (AvgIpc) is 3.14. The quantitative estimate of drug-likeness (QED) is 0.643. The van der Waals surface area contributed by atoms with Gasteiger partial charge in [0.1, 0.15) is 0 Å². The van der Waals surface area contributed by atoms with Crippen LogP contribution in [0, 0.1) is 0 Å². The van der Waals surface area contributed by atoms with Crippen molar-refractivity contribution < 1.29 is 9.47 Å². The number of aromatic amines is 1. The summed E-state index contributed by atoms with van der Waals surface area (Å²) in [4.78, 5) is 0. The van der Waals surface area contributed by atoms with Gasteiger partial charge in [-0.1, -0.05) is 28.9 Å². The van der Waals surface area contributed by atoms with Gasteiger partial charge in [-0.15, -0.1) is 0 Å². The summed E-state index contributed by atoms with van der Waals surface area (Å²) in [7, 11) is 3.31. The molecule has 0 aliphatic heterocycles. The number of hydrogen-bond donors (Lipinski definition) is 2. The van der Waals surface area contributed by atoms with Gasteiger partial charge in [-0.3, -0.25) is 5.10 Å². The van der Waals surface area contributed by atoms with Gasteiger partial charge in [0.25, 0.3) is 0 Å². The van der Waals surface area contributed by atoms with Crippen LogP contribution >= 0.6 is 15.9 Å². The first-order valence-corrected chi connectivity index (χ1v) is 8.78. The van der Waals surface area contributed by atoms with Gasteiger partial charge in [-0.2, -0.15) is 5.10 Å². The minimum Gasteiger partial charge on any atom is -0.493 e. The third-order valence-electron chi connectivity index (χ3n) is 4.62. The van der Waals surface area contributed by atoms with Crippen molar-refractivity contribution in [3.63, 3.8) is 0 Å². The summed E-state index contributed by atoms with van der Waals surface area (Å²) in [5.41, 5.74) is 5.49. The molecule has 0 radical (unpaired) electrons. The molecule has 1 aliphatic carbocycles. The zero-order valence-electron chi connectivity index (χ0n) is 14.2. The standard InChI is InChI=1S/C19H18BrN3O2/c1-10-13-8-15(24-2)16(25-3)9-14(13)18-17(10)19(23-22-18)21-12-6-4-5-11(20)7-12/h4-10H,1-3H3,(H2,21,22,23)/t10-/m1/s1. The number of fused-ring (bicyclic) bond motifs is 3. The first-order chi connectivity index (χ1) is 12.1. The molecule has 0 bridgehead atoms. The highest BCUT2D eigenvalue weighted by molar-refractivity contribution is 9.10. The molecule has 1 aliphatic rings. The molecule has 25 heavy (non-hydrogen) atoms. The van der Waals surface area contributed by atoms with Crippen molar-refractivity contribution in [2.24, 2.45) is 0 Å². The summed E-state index contributed by atoms with van der Waals surface area (Å²) in [6.45, 7) is 2.18. The Morgan fingerprint density at radius 1 is 1.12 bits per heavy atom. The molecule has 1 atom stereocenters. The largest absolute Gasteiger partial charge is 0.493 e. The molecular formula is C19H18BrN3O2. The number of rotatable bonds is 4. The van der Waals surface area contributed by atoms with E-state index in [4.69, 9.17) is 9.47 Å². The van der Waals surface area contributed by atoms with Crippen LogP contribution in [-0.4, -0.2) is 24.4 Å². The van der Waals surface area contributed by atoms with Crippen molar-refractivity contribution >= 4 is 27.4 Å². The normalized spacial score (nSPS) is 14.8. The van der Waals surface area contributed by atoms with Crippen LogP contribution in [0.3, 0.4) is 0 Å². The fourth-order valence-corrected chi connectivity index (χ4v) is 3.80. The lowest BCUT2D eigenvalue weighted by Crippen LogP contribution is -1.98. The SMILES string of the molecule is COc1cc2c(cc1OC)[C@@H](C)c1c(Nc3cccc(Br)c3)n[nH]c1-2. The first-order valence-electron chi connectivity index (χ1n) is 7.99. The number of nitrogens with zero attached hydrogens (tertiary/aromatic N) is 1. The summed E-state index contributed by atoms with van der Waals surface area (Å²) in [5.74, 6) is 2.51. The molecule has 1 heterocycles. The number of anilines is 2. The van der Waals surface area contributed by atoms with E-state index in [9.17, 15) is 0 Å². The van der Waals surface area contributed by atoms with Crippen LogP contribution in [0.5, 0.6) is 11.5 Å². The number of nitrogens with one attached hydrogen (secondary N) is 2. The number of methoxy groups -OCH3 is 2. The molecule has 6 heteroatoms. The second-order valence-corrected chi connectivity index (χ2v) is 6.93. The molecule has 0 fully saturated rings. The second kappa shape index (κ2) is 6.11. The number of benzene rings is 2. The highest BCUT2D eigenvalue weighted by Crippen LogP contribution is 2.50. The van der Waals surface area contributed by atoms with Crippen molar-refractivity contribution in [3.05, 3.63) is 52.0 Å². The Balaban J connectivity index is 1.77. The Morgan fingerprint density at radius 3 is 2.60 bits per heavy atom. The Hall–Kier alpha value is -2.47. The van der Waals surface area contributed by atoms with Gasteiger partial charge < -0.3 is 14.8 Å². The van der Waals surface area contributed by atoms with E-state index in [1.165, 1.54) is 5.56 Å². The number of aromatic nitrogens is 2. The van der Waals surface area contributed by atoms with Crippen molar-refractivity contribution in [3.8, 4) is 22.8 Å². The molecule has 5 nitrogen and oxygen atoms in total. The Labute approximate surface area is 154 Å². The fraction of sp³-hybridized carbons (Fsp3) is 0.211. The van der Waals surface area contributed by atoms with E-state index in [2.05, 4.69) is 44.4 Å². The third-order valence-corrected chi connectivity index (χ3v) is 5.11. The van der Waals surface area contributed by atoms with Gasteiger partial charge in [0.05, 0.1) is 19.9 Å². The number of hydrogen-bond acceptors (Lipinski definition) is 4. The average molecular weight is 400 g/mol. The van der Waals surface area contributed by atoms with Gasteiger partial charge in [0.2, 0.25) is 0 Å². The Bertz CT molecular complexity index is 952. The monoisotopic (exact) mass is 399 g/mol. The highest BCUT2D eigenvalue weighted by atomic mass is 79.9. The Kier molecular flexibility index (Phi) is 3.92. The summed E-state index contributed by atoms with van der Waals surface area (Å²) >= 11 is 3.50. The molecule has 1 aromatic heterocycles. The van der Waals surface area contributed by atoms with E-state index in [0.29, 0.717) is 0 Å². The molecule has 0 unspecified atom stereocenters. The van der Waals surface area contributed by atoms with Gasteiger partial charge in [0.15, 0.2) is 17.3 Å². The Morgan fingerprint density at radius 2 is 1.88 bits per heavy atom. The number of ether oxygens (including phenoxy) is 2. The molecule has 2 N–H and O–H groups in total. The van der Waals surface area contributed by atoms with Crippen LogP contribution < -0.4 is 14.8 Å². The van der Waals surface area contributed by atoms with E-state index < -0.39 is 0 Å². The van der Waals surface area contributed by atoms with Crippen LogP contribution in [0.4, 0.5) is 11.5 Å². The van der Waals surface area contributed by atoms with Crippen molar-refractivity contribution in [2.45, 2.75) is 12.8 Å². The molecule has 0 amide bonds. The van der Waals surface area contributed by atoms with Gasteiger partial charge in [0, 0.05) is 27.2 Å². The van der Waals surface area contributed by atoms with Crippen LogP contribution in [0.2, 0.25) is 0 Å². The van der Waals surface area contributed by atoms with Gasteiger partial charge >= 0.3 is 0 Å². The summed E-state index contributed by atoms with van der Waals surface area (Å²) < 4.78 is 11.9. The molecule has 0 spiro atoms. The second-order valence-electron chi connectivity index (χ2n) is 6.01. The van der Waals surface area contributed by atoms with Crippen LogP contribution in [-0.2, 0) is 0 Å². The van der Waals surface area contributed by atoms with E-state index in [1.807, 2.05) is 30.3 Å². The topological polar surface area (TPSA) is 59.2 Å². The minimum absolute atomic E-state index is 0.207.